The van der Waals surface area contributed by atoms with Crippen LogP contribution in [0, 0.1) is 0 Å². The highest BCUT2D eigenvalue weighted by atomic mass is 19.4. The Morgan fingerprint density at radius 2 is 1.52 bits per heavy atom. The Hall–Kier alpha value is -3.32. The number of benzene rings is 2. The molecule has 1 aliphatic rings. The van der Waals surface area contributed by atoms with Gasteiger partial charge in [0.15, 0.2) is 0 Å². The van der Waals surface area contributed by atoms with Gasteiger partial charge in [-0.05, 0) is 37.0 Å². The van der Waals surface area contributed by atoms with Crippen molar-refractivity contribution >= 4 is 11.9 Å². The molecule has 1 saturated heterocycles. The summed E-state index contributed by atoms with van der Waals surface area (Å²) in [6.45, 7) is 4.68. The first-order chi connectivity index (χ1) is 18.6. The highest BCUT2D eigenvalue weighted by molar-refractivity contribution is 5.75. The Morgan fingerprint density at radius 1 is 0.950 bits per heavy atom. The molecule has 0 amide bonds. The Balaban J connectivity index is 0.000000440. The Labute approximate surface area is 229 Å². The molecule has 0 aromatic heterocycles. The van der Waals surface area contributed by atoms with E-state index in [0.29, 0.717) is 13.2 Å². The van der Waals surface area contributed by atoms with Crippen molar-refractivity contribution in [3.05, 3.63) is 65.7 Å². The number of carbonyl (C=O) groups is 2. The number of carboxylic acids is 1. The smallest absolute Gasteiger partial charge is 0.490 e. The van der Waals surface area contributed by atoms with Crippen LogP contribution in [0.3, 0.4) is 0 Å². The lowest BCUT2D eigenvalue weighted by Crippen LogP contribution is -2.57. The topological polar surface area (TPSA) is 98.9 Å². The third-order valence-electron chi connectivity index (χ3n) is 6.11. The van der Waals surface area contributed by atoms with Crippen molar-refractivity contribution in [1.29, 1.82) is 0 Å². The minimum atomic E-state index is -5.08. The molecule has 13 heteroatoms. The van der Waals surface area contributed by atoms with Crippen molar-refractivity contribution in [2.45, 2.75) is 50.6 Å². The molecular weight excluding hydrogens is 546 g/mol. The second-order valence-corrected chi connectivity index (χ2v) is 9.26. The molecule has 0 spiro atoms. The minimum absolute atomic E-state index is 0.346. The number of nitrogens with zero attached hydrogens (tertiary/aromatic N) is 1. The number of aryl methyl sites for hydroxylation is 1. The summed E-state index contributed by atoms with van der Waals surface area (Å²) in [5.41, 5.74) is 9.17. The number of hydrogen-bond acceptors (Lipinski definition) is 5. The fourth-order valence-corrected chi connectivity index (χ4v) is 4.29. The van der Waals surface area contributed by atoms with Gasteiger partial charge in [-0.3, -0.25) is 0 Å². The molecule has 7 nitrogen and oxygen atoms in total. The Kier molecular flexibility index (Phi) is 13.9. The van der Waals surface area contributed by atoms with Gasteiger partial charge in [0.25, 0.3) is 0 Å². The molecule has 0 radical (unpaired) electrons. The van der Waals surface area contributed by atoms with Crippen LogP contribution in [0.2, 0.25) is 0 Å². The van der Waals surface area contributed by atoms with Gasteiger partial charge in [0.05, 0.1) is 39.9 Å². The predicted octanol–water partition coefficient (Wildman–Crippen LogP) is 5.12. The molecule has 0 aliphatic carbocycles. The molecule has 1 fully saturated rings. The minimum Gasteiger partial charge on any atom is -0.497 e. The maximum atomic E-state index is 11.0. The zero-order valence-electron chi connectivity index (χ0n) is 22.3. The van der Waals surface area contributed by atoms with Gasteiger partial charge in [0, 0.05) is 12.0 Å². The van der Waals surface area contributed by atoms with Crippen LogP contribution in [-0.2, 0) is 27.3 Å². The van der Waals surface area contributed by atoms with Crippen molar-refractivity contribution in [3.63, 3.8) is 0 Å². The molecular formula is C27H35F6N2O5+. The summed E-state index contributed by atoms with van der Waals surface area (Å²) in [7, 11) is 2.39. The summed E-state index contributed by atoms with van der Waals surface area (Å²) in [5, 5.41) is 7.12. The number of ether oxygens (including phenoxy) is 2. The van der Waals surface area contributed by atoms with Gasteiger partial charge in [-0.15, -0.1) is 0 Å². The van der Waals surface area contributed by atoms with E-state index in [2.05, 4.69) is 59.3 Å². The lowest BCUT2D eigenvalue weighted by Gasteiger charge is -2.44. The Bertz CT molecular complexity index is 1030. The first-order valence-electron chi connectivity index (χ1n) is 12.3. The molecule has 3 N–H and O–H groups in total. The number of hydrogen-bond donors (Lipinski definition) is 2. The lowest BCUT2D eigenvalue weighted by molar-refractivity contribution is -0.946. The van der Waals surface area contributed by atoms with Crippen LogP contribution in [0.5, 0.6) is 5.75 Å². The highest BCUT2D eigenvalue weighted by Gasteiger charge is 2.40. The number of nitrogens with two attached hydrogens (primary N) is 1. The van der Waals surface area contributed by atoms with Crippen LogP contribution in [0.1, 0.15) is 30.4 Å². The first-order valence-corrected chi connectivity index (χ1v) is 12.3. The lowest BCUT2D eigenvalue weighted by atomic mass is 10.00. The highest BCUT2D eigenvalue weighted by Crippen LogP contribution is 2.24. The van der Waals surface area contributed by atoms with Crippen LogP contribution in [0.25, 0.3) is 0 Å². The van der Waals surface area contributed by atoms with Crippen LogP contribution in [0.4, 0.5) is 26.3 Å². The zero-order valence-corrected chi connectivity index (χ0v) is 22.3. The molecule has 2 aromatic carbocycles. The summed E-state index contributed by atoms with van der Waals surface area (Å²) in [5.74, 6) is -4.00. The number of aliphatic carboxylic acids is 1. The number of methoxy groups -OCH3 is 2. The van der Waals surface area contributed by atoms with Crippen molar-refractivity contribution < 1.29 is 55.0 Å². The van der Waals surface area contributed by atoms with Crippen molar-refractivity contribution in [2.24, 2.45) is 5.73 Å². The molecule has 40 heavy (non-hydrogen) atoms. The third-order valence-corrected chi connectivity index (χ3v) is 6.11. The van der Waals surface area contributed by atoms with E-state index in [1.807, 2.05) is 0 Å². The van der Waals surface area contributed by atoms with Gasteiger partial charge in [-0.2, -0.15) is 26.3 Å². The third kappa shape index (κ3) is 13.2. The summed E-state index contributed by atoms with van der Waals surface area (Å²) in [6.07, 6.45) is -5.20. The maximum absolute atomic E-state index is 11.0. The number of piperidine rings is 1. The van der Waals surface area contributed by atoms with Crippen molar-refractivity contribution in [3.8, 4) is 5.75 Å². The normalized spacial score (nSPS) is 18.8. The zero-order chi connectivity index (χ0) is 30.4. The van der Waals surface area contributed by atoms with Crippen LogP contribution >= 0.6 is 0 Å². The van der Waals surface area contributed by atoms with Crippen molar-refractivity contribution in [1.82, 2.24) is 0 Å². The van der Waals surface area contributed by atoms with Crippen molar-refractivity contribution in [2.75, 3.05) is 33.9 Å². The molecule has 224 valence electrons. The number of rotatable bonds is 7. The molecule has 1 aliphatic heterocycles. The number of quaternary nitrogens is 1. The summed E-state index contributed by atoms with van der Waals surface area (Å²) < 4.78 is 74.4. The number of likely N-dealkylation sites (tertiary alicyclic amines) is 1. The van der Waals surface area contributed by atoms with E-state index < -0.39 is 24.3 Å². The molecule has 3 rings (SSSR count). The summed E-state index contributed by atoms with van der Waals surface area (Å²) >= 11 is 0. The SMILES string of the molecule is COC(=O)C(F)(F)F.COc1ccc(CCC[N+]2(Cc3ccccc3)CCCC(N)C2)cc1.O=C(O)C(F)(F)F. The predicted molar refractivity (Wildman–Crippen MR) is 135 cm³/mol. The largest absolute Gasteiger partial charge is 0.497 e. The van der Waals surface area contributed by atoms with E-state index in [-0.39, 0.29) is 0 Å². The molecule has 0 bridgehead atoms. The molecule has 1 heterocycles. The van der Waals surface area contributed by atoms with E-state index in [1.165, 1.54) is 43.5 Å². The van der Waals surface area contributed by atoms with E-state index in [4.69, 9.17) is 20.4 Å². The number of halogens is 6. The van der Waals surface area contributed by atoms with Gasteiger partial charge < -0.3 is 24.8 Å². The van der Waals surface area contributed by atoms with Gasteiger partial charge in [-0.25, -0.2) is 9.59 Å². The van der Waals surface area contributed by atoms with Crippen LogP contribution in [0.15, 0.2) is 54.6 Å². The van der Waals surface area contributed by atoms with Gasteiger partial charge in [0.2, 0.25) is 0 Å². The average molecular weight is 582 g/mol. The molecule has 2 unspecified atom stereocenters. The first kappa shape index (κ1) is 34.7. The summed E-state index contributed by atoms with van der Waals surface area (Å²) in [6, 6.07) is 19.7. The fraction of sp³-hybridized carbons (Fsp3) is 0.481. The standard InChI is InChI=1S/C22H31N2O.C3H3F3O2.C2HF3O2/c1-25-22-13-11-19(12-14-22)9-5-15-24(16-6-10-21(23)18-24)17-20-7-3-2-4-8-20;1-8-2(7)3(4,5)6;3-2(4,5)1(6)7/h2-4,7-8,11-14,21H,5-6,9-10,15-18,23H2,1H3;1H3;(H,6,7)/q+1;;. The van der Waals surface area contributed by atoms with Crippen LogP contribution < -0.4 is 10.5 Å². The summed E-state index contributed by atoms with van der Waals surface area (Å²) in [4.78, 5) is 18.4. The number of alkyl halides is 6. The molecule has 2 atom stereocenters. The van der Waals surface area contributed by atoms with E-state index in [9.17, 15) is 31.1 Å². The monoisotopic (exact) mass is 581 g/mol. The van der Waals surface area contributed by atoms with Gasteiger partial charge >= 0.3 is 24.3 Å². The Morgan fingerprint density at radius 3 is 1.95 bits per heavy atom. The maximum Gasteiger partial charge on any atom is 0.490 e. The van der Waals surface area contributed by atoms with Gasteiger partial charge in [-0.1, -0.05) is 42.5 Å². The van der Waals surface area contributed by atoms with E-state index >= 15 is 0 Å². The van der Waals surface area contributed by atoms with E-state index in [1.54, 1.807) is 7.11 Å². The number of esters is 1. The second kappa shape index (κ2) is 16.1. The fourth-order valence-electron chi connectivity index (χ4n) is 4.29. The number of carboxylic acid groups (broad SMARTS) is 1. The second-order valence-electron chi connectivity index (χ2n) is 9.26. The average Bonchev–Trinajstić information content (AvgIpc) is 2.89. The van der Waals surface area contributed by atoms with E-state index in [0.717, 1.165) is 29.7 Å². The molecule has 0 saturated carbocycles. The van der Waals surface area contributed by atoms with Crippen LogP contribution in [-0.4, -0.2) is 73.8 Å². The van der Waals surface area contributed by atoms with Gasteiger partial charge in [0.1, 0.15) is 12.3 Å². The quantitative estimate of drug-likeness (QED) is 0.268. The number of carbonyl (C=O) groups excluding carboxylic acids is 1. The molecule has 2 aromatic rings.